The van der Waals surface area contributed by atoms with Crippen LogP contribution in [0.3, 0.4) is 0 Å². The van der Waals surface area contributed by atoms with E-state index in [1.807, 2.05) is 31.2 Å². The summed E-state index contributed by atoms with van der Waals surface area (Å²) in [5.41, 5.74) is 1.59. The number of ether oxygens (including phenoxy) is 2. The number of unbranched alkanes of at least 4 members (excludes halogenated alkanes) is 3. The lowest BCUT2D eigenvalue weighted by molar-refractivity contribution is -0.147. The first-order valence-electron chi connectivity index (χ1n) is 12.6. The van der Waals surface area contributed by atoms with Crippen LogP contribution in [0.5, 0.6) is 5.75 Å². The standard InChI is InChI=1S/C26H41NO8/c1-18-8-6-7-10-25(18)34-16-19(29)12-13-21-22(24(31)14-23(21)27-33)9-4-2-3-5-11-26(32)35-17-20(30)15-28/h6-8,10,19-22,24,28-31,33H,2-5,9,11-17H2,1H3/b27-23-/t19-,20?,21-,22-,24+/m1/s1. The van der Waals surface area contributed by atoms with Crippen LogP contribution in [0, 0.1) is 18.8 Å². The molecule has 0 bridgehead atoms. The molecule has 1 fully saturated rings. The van der Waals surface area contributed by atoms with Crippen LogP contribution in [0.25, 0.3) is 0 Å². The van der Waals surface area contributed by atoms with E-state index in [2.05, 4.69) is 5.16 Å². The van der Waals surface area contributed by atoms with E-state index >= 15 is 0 Å². The van der Waals surface area contributed by atoms with Crippen molar-refractivity contribution in [1.29, 1.82) is 0 Å². The normalized spacial score (nSPS) is 22.8. The number of hydrogen-bond donors (Lipinski definition) is 5. The third-order valence-electron chi connectivity index (χ3n) is 6.64. The van der Waals surface area contributed by atoms with Gasteiger partial charge in [0.05, 0.1) is 24.5 Å². The van der Waals surface area contributed by atoms with Gasteiger partial charge in [0.25, 0.3) is 0 Å². The second-order valence-electron chi connectivity index (χ2n) is 9.41. The van der Waals surface area contributed by atoms with Crippen LogP contribution < -0.4 is 4.74 Å². The van der Waals surface area contributed by atoms with Gasteiger partial charge in [0.1, 0.15) is 25.1 Å². The Kier molecular flexibility index (Phi) is 13.0. The Balaban J connectivity index is 1.70. The van der Waals surface area contributed by atoms with Gasteiger partial charge in [0.15, 0.2) is 0 Å². The minimum Gasteiger partial charge on any atom is -0.491 e. The number of para-hydroxylation sites is 1. The van der Waals surface area contributed by atoms with Gasteiger partial charge in [-0.1, -0.05) is 42.6 Å². The van der Waals surface area contributed by atoms with Crippen LogP contribution in [0.1, 0.15) is 63.4 Å². The Labute approximate surface area is 207 Å². The van der Waals surface area contributed by atoms with Gasteiger partial charge in [0.2, 0.25) is 0 Å². The van der Waals surface area contributed by atoms with E-state index in [0.717, 1.165) is 37.0 Å². The zero-order valence-corrected chi connectivity index (χ0v) is 20.6. The number of aliphatic hydroxyl groups excluding tert-OH is 4. The van der Waals surface area contributed by atoms with E-state index in [1.165, 1.54) is 0 Å². The predicted octanol–water partition coefficient (Wildman–Crippen LogP) is 2.58. The lowest BCUT2D eigenvalue weighted by Crippen LogP contribution is -2.24. The number of benzene rings is 1. The van der Waals surface area contributed by atoms with Crippen molar-refractivity contribution in [1.82, 2.24) is 0 Å². The average molecular weight is 496 g/mol. The summed E-state index contributed by atoms with van der Waals surface area (Å²) in [6, 6.07) is 7.64. The van der Waals surface area contributed by atoms with Crippen LogP contribution >= 0.6 is 0 Å². The highest BCUT2D eigenvalue weighted by atomic mass is 16.5. The molecule has 0 aliphatic heterocycles. The van der Waals surface area contributed by atoms with E-state index < -0.39 is 30.9 Å². The molecule has 5 N–H and O–H groups in total. The molecule has 1 saturated carbocycles. The monoisotopic (exact) mass is 495 g/mol. The predicted molar refractivity (Wildman–Crippen MR) is 130 cm³/mol. The van der Waals surface area contributed by atoms with E-state index in [1.54, 1.807) is 0 Å². The van der Waals surface area contributed by atoms with Gasteiger partial charge in [0, 0.05) is 18.8 Å². The fourth-order valence-electron chi connectivity index (χ4n) is 4.60. The van der Waals surface area contributed by atoms with E-state index in [9.17, 15) is 25.3 Å². The van der Waals surface area contributed by atoms with Gasteiger partial charge >= 0.3 is 5.97 Å². The van der Waals surface area contributed by atoms with Crippen molar-refractivity contribution in [2.75, 3.05) is 19.8 Å². The van der Waals surface area contributed by atoms with Gasteiger partial charge in [-0.3, -0.25) is 4.79 Å². The Morgan fingerprint density at radius 2 is 1.83 bits per heavy atom. The number of esters is 1. The van der Waals surface area contributed by atoms with Gasteiger partial charge in [-0.2, -0.15) is 0 Å². The van der Waals surface area contributed by atoms with Crippen molar-refractivity contribution < 1.29 is 39.9 Å². The van der Waals surface area contributed by atoms with Crippen LogP contribution in [-0.2, 0) is 9.53 Å². The molecule has 0 heterocycles. The Hall–Kier alpha value is -2.20. The lowest BCUT2D eigenvalue weighted by atomic mass is 9.85. The first-order chi connectivity index (χ1) is 16.8. The molecule has 0 spiro atoms. The molecule has 35 heavy (non-hydrogen) atoms. The summed E-state index contributed by atoms with van der Waals surface area (Å²) in [6.45, 7) is 1.49. The quantitative estimate of drug-likeness (QED) is 0.102. The van der Waals surface area contributed by atoms with Crippen molar-refractivity contribution >= 4 is 11.7 Å². The summed E-state index contributed by atoms with van der Waals surface area (Å²) < 4.78 is 10.6. The highest BCUT2D eigenvalue weighted by molar-refractivity contribution is 5.89. The Morgan fingerprint density at radius 1 is 1.09 bits per heavy atom. The van der Waals surface area contributed by atoms with Crippen molar-refractivity contribution in [2.45, 2.75) is 83.0 Å². The summed E-state index contributed by atoms with van der Waals surface area (Å²) in [7, 11) is 0. The molecular formula is C26H41NO8. The van der Waals surface area contributed by atoms with Crippen molar-refractivity contribution in [2.24, 2.45) is 17.0 Å². The molecule has 198 valence electrons. The molecule has 9 heteroatoms. The maximum absolute atomic E-state index is 11.6. The maximum Gasteiger partial charge on any atom is 0.305 e. The zero-order valence-electron chi connectivity index (χ0n) is 20.6. The number of oxime groups is 1. The lowest BCUT2D eigenvalue weighted by Gasteiger charge is -2.23. The molecule has 1 aliphatic rings. The first kappa shape index (κ1) is 29.0. The number of carbonyl (C=O) groups excluding carboxylic acids is 1. The summed E-state index contributed by atoms with van der Waals surface area (Å²) in [5, 5.41) is 51.7. The molecule has 5 atom stereocenters. The number of rotatable bonds is 16. The van der Waals surface area contributed by atoms with Crippen LogP contribution in [0.2, 0.25) is 0 Å². The molecule has 1 unspecified atom stereocenters. The number of aliphatic hydroxyl groups is 4. The number of nitrogens with zero attached hydrogens (tertiary/aromatic N) is 1. The third kappa shape index (κ3) is 10.1. The van der Waals surface area contributed by atoms with Gasteiger partial charge in [-0.05, 0) is 50.2 Å². The second-order valence-corrected chi connectivity index (χ2v) is 9.41. The number of hydrogen-bond acceptors (Lipinski definition) is 9. The largest absolute Gasteiger partial charge is 0.491 e. The molecule has 2 rings (SSSR count). The number of carbonyl (C=O) groups is 1. The van der Waals surface area contributed by atoms with Crippen molar-refractivity contribution in [3.8, 4) is 5.75 Å². The first-order valence-corrected chi connectivity index (χ1v) is 12.6. The summed E-state index contributed by atoms with van der Waals surface area (Å²) in [6.07, 6.45) is 3.44. The maximum atomic E-state index is 11.6. The van der Waals surface area contributed by atoms with Crippen molar-refractivity contribution in [3.05, 3.63) is 29.8 Å². The topological polar surface area (TPSA) is 149 Å². The average Bonchev–Trinajstić information content (AvgIpc) is 3.16. The van der Waals surface area contributed by atoms with Crippen LogP contribution in [0.15, 0.2) is 29.4 Å². The van der Waals surface area contributed by atoms with Gasteiger partial charge in [-0.25, -0.2) is 0 Å². The zero-order chi connectivity index (χ0) is 25.6. The minimum atomic E-state index is -1.04. The molecular weight excluding hydrogens is 454 g/mol. The minimum absolute atomic E-state index is 0.0321. The van der Waals surface area contributed by atoms with Crippen molar-refractivity contribution in [3.63, 3.8) is 0 Å². The fourth-order valence-corrected chi connectivity index (χ4v) is 4.60. The molecule has 0 amide bonds. The second kappa shape index (κ2) is 15.7. The number of aryl methyl sites for hydroxylation is 1. The van der Waals surface area contributed by atoms with Crippen LogP contribution in [-0.4, -0.2) is 75.4 Å². The molecule has 1 aromatic carbocycles. The van der Waals surface area contributed by atoms with E-state index in [4.69, 9.17) is 14.6 Å². The smallest absolute Gasteiger partial charge is 0.305 e. The fraction of sp³-hybridized carbons (Fsp3) is 0.692. The molecule has 0 saturated heterocycles. The molecule has 0 radical (unpaired) electrons. The summed E-state index contributed by atoms with van der Waals surface area (Å²) >= 11 is 0. The van der Waals surface area contributed by atoms with E-state index in [0.29, 0.717) is 31.4 Å². The van der Waals surface area contributed by atoms with Gasteiger partial charge < -0.3 is 35.1 Å². The molecule has 0 aromatic heterocycles. The van der Waals surface area contributed by atoms with E-state index in [-0.39, 0.29) is 31.5 Å². The third-order valence-corrected chi connectivity index (χ3v) is 6.64. The highest BCUT2D eigenvalue weighted by Crippen LogP contribution is 2.37. The summed E-state index contributed by atoms with van der Waals surface area (Å²) in [5.74, 6) is 0.234. The molecule has 1 aromatic rings. The SMILES string of the molecule is Cc1ccccc1OC[C@H](O)CC[C@H]1/C(=N\O)C[C@H](O)[C@@H]1CCCCCCC(=O)OCC(O)CO. The molecule has 1 aliphatic carbocycles. The summed E-state index contributed by atoms with van der Waals surface area (Å²) in [4.78, 5) is 11.6. The molecule has 9 nitrogen and oxygen atoms in total. The Morgan fingerprint density at radius 3 is 2.54 bits per heavy atom. The van der Waals surface area contributed by atoms with Crippen LogP contribution in [0.4, 0.5) is 0 Å². The highest BCUT2D eigenvalue weighted by Gasteiger charge is 2.39. The Bertz CT molecular complexity index is 786. The van der Waals surface area contributed by atoms with Gasteiger partial charge in [-0.15, -0.1) is 0 Å².